The summed E-state index contributed by atoms with van der Waals surface area (Å²) >= 11 is 0. The number of benzene rings is 1. The van der Waals surface area contributed by atoms with E-state index in [2.05, 4.69) is 26.8 Å². The predicted molar refractivity (Wildman–Crippen MR) is 139 cm³/mol. The number of hydrogen-bond donors (Lipinski definition) is 0. The first-order chi connectivity index (χ1) is 17.2. The van der Waals surface area contributed by atoms with Gasteiger partial charge in [0, 0.05) is 56.6 Å². The number of rotatable bonds is 4. The third-order valence-corrected chi connectivity index (χ3v) is 7.50. The van der Waals surface area contributed by atoms with E-state index in [1.165, 1.54) is 5.56 Å². The van der Waals surface area contributed by atoms with Crippen molar-refractivity contribution in [2.45, 2.75) is 41.0 Å². The Morgan fingerprint density at radius 1 is 0.917 bits per heavy atom. The van der Waals surface area contributed by atoms with Crippen LogP contribution in [0.2, 0.25) is 0 Å². The fourth-order valence-corrected chi connectivity index (χ4v) is 4.98. The number of aryl methyl sites for hydroxylation is 4. The van der Waals surface area contributed by atoms with Gasteiger partial charge in [0.1, 0.15) is 23.8 Å². The van der Waals surface area contributed by atoms with E-state index >= 15 is 0 Å². The fraction of sp³-hybridized carbons (Fsp3) is 0.444. The third-order valence-electron chi connectivity index (χ3n) is 7.50. The minimum atomic E-state index is -0.300. The molecule has 2 aromatic heterocycles. The molecule has 1 aromatic carbocycles. The van der Waals surface area contributed by atoms with Gasteiger partial charge in [-0.1, -0.05) is 6.07 Å². The molecule has 1 unspecified atom stereocenters. The molecule has 1 atom stereocenters. The number of anilines is 2. The molecule has 0 N–H and O–H groups in total. The minimum Gasteiger partial charge on any atom is -0.353 e. The first-order valence-corrected chi connectivity index (χ1v) is 12.5. The molecule has 4 heterocycles. The van der Waals surface area contributed by atoms with E-state index in [0.29, 0.717) is 38.5 Å². The van der Waals surface area contributed by atoms with Gasteiger partial charge >= 0.3 is 0 Å². The maximum Gasteiger partial charge on any atom is 0.228 e. The van der Waals surface area contributed by atoms with Gasteiger partial charge in [-0.25, -0.2) is 15.0 Å². The Labute approximate surface area is 211 Å². The van der Waals surface area contributed by atoms with Gasteiger partial charge in [0.2, 0.25) is 11.8 Å². The Morgan fingerprint density at radius 3 is 2.31 bits per heavy atom. The van der Waals surface area contributed by atoms with Gasteiger partial charge in [0.25, 0.3) is 0 Å². The van der Waals surface area contributed by atoms with Crippen LogP contribution >= 0.6 is 0 Å². The molecule has 2 fully saturated rings. The fourth-order valence-electron chi connectivity index (χ4n) is 4.98. The predicted octanol–water partition coefficient (Wildman–Crippen LogP) is 2.91. The smallest absolute Gasteiger partial charge is 0.228 e. The quantitative estimate of drug-likeness (QED) is 0.562. The molecule has 2 aliphatic heterocycles. The van der Waals surface area contributed by atoms with E-state index in [1.807, 2.05) is 61.4 Å². The number of piperazine rings is 1. The van der Waals surface area contributed by atoms with Crippen molar-refractivity contribution in [3.63, 3.8) is 0 Å². The number of imidazole rings is 1. The molecule has 0 bridgehead atoms. The molecule has 5 rings (SSSR count). The summed E-state index contributed by atoms with van der Waals surface area (Å²) < 4.78 is 1.98. The van der Waals surface area contributed by atoms with Crippen LogP contribution in [0.15, 0.2) is 30.6 Å². The molecule has 2 aliphatic rings. The lowest BCUT2D eigenvalue weighted by molar-refractivity contribution is -0.136. The monoisotopic (exact) mass is 487 g/mol. The van der Waals surface area contributed by atoms with Gasteiger partial charge in [0.05, 0.1) is 11.6 Å². The van der Waals surface area contributed by atoms with E-state index in [4.69, 9.17) is 0 Å². The average Bonchev–Trinajstić information content (AvgIpc) is 3.42. The molecule has 0 spiro atoms. The van der Waals surface area contributed by atoms with Crippen molar-refractivity contribution < 1.29 is 9.59 Å². The van der Waals surface area contributed by atoms with Crippen LogP contribution in [0.25, 0.3) is 5.82 Å². The standard InChI is InChI=1S/C27H33N7O2/c1-17-6-7-23(12-18(17)2)33-15-22(13-26(33)35)27(36)32-10-8-31(9-11-32)24-14-25(30-21(5)29-24)34-16-28-19(3)20(34)4/h6-7,12,14,16,22H,8-11,13,15H2,1-5H3. The minimum absolute atomic E-state index is 0.0178. The number of hydrogen-bond acceptors (Lipinski definition) is 6. The molecular weight excluding hydrogens is 454 g/mol. The van der Waals surface area contributed by atoms with Crippen molar-refractivity contribution in [1.82, 2.24) is 24.4 Å². The maximum absolute atomic E-state index is 13.3. The zero-order valence-electron chi connectivity index (χ0n) is 21.7. The van der Waals surface area contributed by atoms with Crippen molar-refractivity contribution in [2.24, 2.45) is 5.92 Å². The number of amides is 2. The van der Waals surface area contributed by atoms with Gasteiger partial charge in [-0.05, 0) is 57.9 Å². The van der Waals surface area contributed by atoms with E-state index in [0.717, 1.165) is 34.3 Å². The molecule has 0 saturated carbocycles. The summed E-state index contributed by atoms with van der Waals surface area (Å²) in [5.74, 6) is 2.13. The van der Waals surface area contributed by atoms with Gasteiger partial charge in [0.15, 0.2) is 0 Å². The average molecular weight is 488 g/mol. The Kier molecular flexibility index (Phi) is 6.24. The molecule has 188 valence electrons. The summed E-state index contributed by atoms with van der Waals surface area (Å²) in [4.78, 5) is 45.6. The summed E-state index contributed by atoms with van der Waals surface area (Å²) in [5, 5.41) is 0. The zero-order valence-corrected chi connectivity index (χ0v) is 21.7. The second-order valence-corrected chi connectivity index (χ2v) is 9.90. The molecule has 9 nitrogen and oxygen atoms in total. The van der Waals surface area contributed by atoms with Crippen LogP contribution in [0.3, 0.4) is 0 Å². The van der Waals surface area contributed by atoms with E-state index < -0.39 is 0 Å². The molecule has 3 aromatic rings. The molecule has 0 aliphatic carbocycles. The van der Waals surface area contributed by atoms with Crippen LogP contribution in [0, 0.1) is 40.5 Å². The highest BCUT2D eigenvalue weighted by atomic mass is 16.2. The van der Waals surface area contributed by atoms with Crippen LogP contribution in [-0.2, 0) is 9.59 Å². The zero-order chi connectivity index (χ0) is 25.6. The third kappa shape index (κ3) is 4.45. The maximum atomic E-state index is 13.3. The lowest BCUT2D eigenvalue weighted by Crippen LogP contribution is -2.51. The topological polar surface area (TPSA) is 87.5 Å². The van der Waals surface area contributed by atoms with Crippen LogP contribution in [0.4, 0.5) is 11.5 Å². The second-order valence-electron chi connectivity index (χ2n) is 9.90. The van der Waals surface area contributed by atoms with Crippen LogP contribution in [0.5, 0.6) is 0 Å². The number of nitrogens with zero attached hydrogens (tertiary/aromatic N) is 7. The normalized spacial score (nSPS) is 18.3. The molecule has 2 amide bonds. The summed E-state index contributed by atoms with van der Waals surface area (Å²) in [6, 6.07) is 8.01. The molecule has 0 radical (unpaired) electrons. The molecule has 36 heavy (non-hydrogen) atoms. The summed E-state index contributed by atoms with van der Waals surface area (Å²) in [5.41, 5.74) is 5.24. The lowest BCUT2D eigenvalue weighted by atomic mass is 10.1. The molecule has 9 heteroatoms. The van der Waals surface area contributed by atoms with Crippen LogP contribution in [0.1, 0.15) is 34.8 Å². The largest absolute Gasteiger partial charge is 0.353 e. The van der Waals surface area contributed by atoms with Crippen LogP contribution < -0.4 is 9.80 Å². The summed E-state index contributed by atoms with van der Waals surface area (Å²) in [6.45, 7) is 13.0. The SMILES string of the molecule is Cc1nc(N2CCN(C(=O)C3CC(=O)N(c4ccc(C)c(C)c4)C3)CC2)cc(-n2cnc(C)c2C)n1. The first-order valence-electron chi connectivity index (χ1n) is 12.5. The Bertz CT molecular complexity index is 1320. The number of carbonyl (C=O) groups is 2. The van der Waals surface area contributed by atoms with Gasteiger partial charge in [-0.2, -0.15) is 0 Å². The summed E-state index contributed by atoms with van der Waals surface area (Å²) in [6.07, 6.45) is 2.06. The summed E-state index contributed by atoms with van der Waals surface area (Å²) in [7, 11) is 0. The van der Waals surface area contributed by atoms with Crippen molar-refractivity contribution in [3.8, 4) is 5.82 Å². The van der Waals surface area contributed by atoms with Crippen molar-refractivity contribution >= 4 is 23.3 Å². The highest BCUT2D eigenvalue weighted by Crippen LogP contribution is 2.28. The van der Waals surface area contributed by atoms with Crippen molar-refractivity contribution in [1.29, 1.82) is 0 Å². The Morgan fingerprint density at radius 2 is 1.64 bits per heavy atom. The lowest BCUT2D eigenvalue weighted by Gasteiger charge is -2.36. The Balaban J connectivity index is 1.24. The molecule has 2 saturated heterocycles. The van der Waals surface area contributed by atoms with E-state index in [1.54, 1.807) is 11.2 Å². The Hall–Kier alpha value is -3.75. The van der Waals surface area contributed by atoms with Gasteiger partial charge in [-0.15, -0.1) is 0 Å². The van der Waals surface area contributed by atoms with E-state index in [-0.39, 0.29) is 24.2 Å². The number of carbonyl (C=O) groups excluding carboxylic acids is 2. The first kappa shape index (κ1) is 24.0. The van der Waals surface area contributed by atoms with E-state index in [9.17, 15) is 9.59 Å². The second kappa shape index (κ2) is 9.37. The number of aromatic nitrogens is 4. The highest BCUT2D eigenvalue weighted by molar-refractivity contribution is 6.00. The van der Waals surface area contributed by atoms with Gasteiger partial charge in [-0.3, -0.25) is 14.2 Å². The molecular formula is C27H33N7O2. The van der Waals surface area contributed by atoms with Gasteiger partial charge < -0.3 is 14.7 Å². The highest BCUT2D eigenvalue weighted by Gasteiger charge is 2.38. The van der Waals surface area contributed by atoms with Crippen molar-refractivity contribution in [3.05, 3.63) is 58.9 Å². The van der Waals surface area contributed by atoms with Crippen LogP contribution in [-0.4, -0.2) is 69.0 Å². The van der Waals surface area contributed by atoms with Crippen molar-refractivity contribution in [2.75, 3.05) is 42.5 Å².